The summed E-state index contributed by atoms with van der Waals surface area (Å²) in [6.45, 7) is 7.62. The molecule has 1 amide bonds. The standard InChI is InChI=1S/C12H20N4O.ClH/c1-8-5-11(15(4)14-8)12(17)16-6-9(2)13-10(3)7-16;/h5,9-10,13H,6-7H2,1-4H3;1H. The maximum atomic E-state index is 12.4. The summed E-state index contributed by atoms with van der Waals surface area (Å²) in [7, 11) is 1.81. The van der Waals surface area contributed by atoms with Gasteiger partial charge >= 0.3 is 0 Å². The first kappa shape index (κ1) is 15.0. The minimum absolute atomic E-state index is 0. The molecule has 6 heteroatoms. The average molecular weight is 273 g/mol. The Morgan fingerprint density at radius 2 is 1.94 bits per heavy atom. The number of hydrogen-bond acceptors (Lipinski definition) is 3. The van der Waals surface area contributed by atoms with Crippen LogP contribution in [0.2, 0.25) is 0 Å². The fourth-order valence-corrected chi connectivity index (χ4v) is 2.47. The summed E-state index contributed by atoms with van der Waals surface area (Å²) in [5.41, 5.74) is 1.55. The molecular formula is C12H21ClN4O. The van der Waals surface area contributed by atoms with Gasteiger partial charge in [0.2, 0.25) is 0 Å². The Morgan fingerprint density at radius 3 is 2.39 bits per heavy atom. The summed E-state index contributed by atoms with van der Waals surface area (Å²) in [6.07, 6.45) is 0. The highest BCUT2D eigenvalue weighted by Crippen LogP contribution is 2.11. The molecule has 1 fully saturated rings. The Balaban J connectivity index is 0.00000162. The smallest absolute Gasteiger partial charge is 0.272 e. The van der Waals surface area contributed by atoms with Crippen LogP contribution in [-0.2, 0) is 7.05 Å². The van der Waals surface area contributed by atoms with E-state index >= 15 is 0 Å². The lowest BCUT2D eigenvalue weighted by atomic mass is 10.1. The second-order valence-electron chi connectivity index (χ2n) is 4.97. The van der Waals surface area contributed by atoms with E-state index in [-0.39, 0.29) is 18.3 Å². The lowest BCUT2D eigenvalue weighted by Crippen LogP contribution is -2.56. The molecule has 1 aliphatic rings. The third-order valence-corrected chi connectivity index (χ3v) is 3.07. The molecule has 1 aromatic heterocycles. The van der Waals surface area contributed by atoms with Gasteiger partial charge in [-0.3, -0.25) is 9.48 Å². The normalized spacial score (nSPS) is 23.7. The van der Waals surface area contributed by atoms with Crippen LogP contribution in [0.3, 0.4) is 0 Å². The molecule has 102 valence electrons. The average Bonchev–Trinajstić information content (AvgIpc) is 2.55. The number of hydrogen-bond donors (Lipinski definition) is 1. The van der Waals surface area contributed by atoms with E-state index < -0.39 is 0 Å². The molecule has 2 rings (SSSR count). The monoisotopic (exact) mass is 272 g/mol. The summed E-state index contributed by atoms with van der Waals surface area (Å²) in [6, 6.07) is 2.54. The third kappa shape index (κ3) is 3.03. The van der Waals surface area contributed by atoms with Crippen LogP contribution in [0, 0.1) is 6.92 Å². The Labute approximate surface area is 114 Å². The van der Waals surface area contributed by atoms with Crippen LogP contribution in [-0.4, -0.2) is 45.8 Å². The highest BCUT2D eigenvalue weighted by atomic mass is 35.5. The number of piperazine rings is 1. The second-order valence-corrected chi connectivity index (χ2v) is 4.97. The van der Waals surface area contributed by atoms with Crippen molar-refractivity contribution >= 4 is 18.3 Å². The van der Waals surface area contributed by atoms with Crippen molar-refractivity contribution in [3.63, 3.8) is 0 Å². The molecule has 1 N–H and O–H groups in total. The first-order chi connectivity index (χ1) is 7.97. The van der Waals surface area contributed by atoms with Crippen molar-refractivity contribution in [3.8, 4) is 0 Å². The van der Waals surface area contributed by atoms with Crippen LogP contribution >= 0.6 is 12.4 Å². The molecule has 2 heterocycles. The first-order valence-electron chi connectivity index (χ1n) is 6.03. The largest absolute Gasteiger partial charge is 0.334 e. The number of nitrogens with one attached hydrogen (secondary N) is 1. The van der Waals surface area contributed by atoms with Gasteiger partial charge in [0.05, 0.1) is 5.69 Å². The molecule has 0 bridgehead atoms. The minimum atomic E-state index is 0. The molecule has 1 saturated heterocycles. The van der Waals surface area contributed by atoms with Crippen LogP contribution < -0.4 is 5.32 Å². The van der Waals surface area contributed by atoms with Crippen LogP contribution in [0.1, 0.15) is 30.0 Å². The molecule has 18 heavy (non-hydrogen) atoms. The predicted molar refractivity (Wildman–Crippen MR) is 73.2 cm³/mol. The van der Waals surface area contributed by atoms with Crippen LogP contribution in [0.25, 0.3) is 0 Å². The van der Waals surface area contributed by atoms with Gasteiger partial charge in [-0.15, -0.1) is 12.4 Å². The molecule has 0 radical (unpaired) electrons. The van der Waals surface area contributed by atoms with Crippen molar-refractivity contribution in [3.05, 3.63) is 17.5 Å². The maximum absolute atomic E-state index is 12.4. The van der Waals surface area contributed by atoms with E-state index in [1.165, 1.54) is 0 Å². The van der Waals surface area contributed by atoms with E-state index in [4.69, 9.17) is 0 Å². The van der Waals surface area contributed by atoms with Crippen molar-refractivity contribution in [2.45, 2.75) is 32.9 Å². The van der Waals surface area contributed by atoms with E-state index in [2.05, 4.69) is 24.3 Å². The number of amides is 1. The number of carbonyl (C=O) groups excluding carboxylic acids is 1. The number of aromatic nitrogens is 2. The summed E-state index contributed by atoms with van der Waals surface area (Å²) in [5.74, 6) is 0.0771. The van der Waals surface area contributed by atoms with E-state index in [0.29, 0.717) is 17.8 Å². The minimum Gasteiger partial charge on any atom is -0.334 e. The van der Waals surface area contributed by atoms with Crippen molar-refractivity contribution in [2.75, 3.05) is 13.1 Å². The lowest BCUT2D eigenvalue weighted by Gasteiger charge is -2.36. The number of nitrogens with zero attached hydrogens (tertiary/aromatic N) is 3. The van der Waals surface area contributed by atoms with E-state index in [1.807, 2.05) is 24.9 Å². The van der Waals surface area contributed by atoms with Crippen LogP contribution in [0.4, 0.5) is 0 Å². The van der Waals surface area contributed by atoms with Crippen molar-refractivity contribution in [1.29, 1.82) is 0 Å². The first-order valence-corrected chi connectivity index (χ1v) is 6.03. The number of carbonyl (C=O) groups is 1. The SMILES string of the molecule is Cc1cc(C(=O)N2CC(C)NC(C)C2)n(C)n1.Cl. The van der Waals surface area contributed by atoms with E-state index in [9.17, 15) is 4.79 Å². The van der Waals surface area contributed by atoms with Gasteiger partial charge in [-0.2, -0.15) is 5.10 Å². The van der Waals surface area contributed by atoms with Gasteiger partial charge in [0, 0.05) is 32.2 Å². The van der Waals surface area contributed by atoms with Gasteiger partial charge in [-0.25, -0.2) is 0 Å². The molecule has 0 spiro atoms. The summed E-state index contributed by atoms with van der Waals surface area (Å²) in [5, 5.41) is 7.64. The maximum Gasteiger partial charge on any atom is 0.272 e. The van der Waals surface area contributed by atoms with E-state index in [0.717, 1.165) is 18.8 Å². The second kappa shape index (κ2) is 5.71. The topological polar surface area (TPSA) is 50.2 Å². The highest BCUT2D eigenvalue weighted by molar-refractivity contribution is 5.92. The quantitative estimate of drug-likeness (QED) is 0.829. The van der Waals surface area contributed by atoms with Crippen molar-refractivity contribution in [1.82, 2.24) is 20.0 Å². The van der Waals surface area contributed by atoms with Gasteiger partial charge < -0.3 is 10.2 Å². The zero-order valence-corrected chi connectivity index (χ0v) is 12.1. The summed E-state index contributed by atoms with van der Waals surface area (Å²) >= 11 is 0. The van der Waals surface area contributed by atoms with Gasteiger partial charge in [0.1, 0.15) is 5.69 Å². The molecule has 1 aromatic rings. The molecule has 2 unspecified atom stereocenters. The third-order valence-electron chi connectivity index (χ3n) is 3.07. The molecule has 2 atom stereocenters. The predicted octanol–water partition coefficient (Wildman–Crippen LogP) is 0.973. The zero-order valence-electron chi connectivity index (χ0n) is 11.3. The van der Waals surface area contributed by atoms with Crippen molar-refractivity contribution in [2.24, 2.45) is 7.05 Å². The number of aryl methyl sites for hydroxylation is 2. The fraction of sp³-hybridized carbons (Fsp3) is 0.667. The molecule has 0 aliphatic carbocycles. The Bertz CT molecular complexity index is 422. The van der Waals surface area contributed by atoms with Gasteiger partial charge in [0.15, 0.2) is 0 Å². The van der Waals surface area contributed by atoms with E-state index in [1.54, 1.807) is 4.68 Å². The van der Waals surface area contributed by atoms with Crippen LogP contribution in [0.5, 0.6) is 0 Å². The number of rotatable bonds is 1. The van der Waals surface area contributed by atoms with Crippen LogP contribution in [0.15, 0.2) is 6.07 Å². The van der Waals surface area contributed by atoms with Crippen molar-refractivity contribution < 1.29 is 4.79 Å². The molecular weight excluding hydrogens is 252 g/mol. The molecule has 0 saturated carbocycles. The Kier molecular flexibility index (Phi) is 4.76. The molecule has 5 nitrogen and oxygen atoms in total. The Morgan fingerprint density at radius 1 is 1.39 bits per heavy atom. The fourth-order valence-electron chi connectivity index (χ4n) is 2.47. The zero-order chi connectivity index (χ0) is 12.6. The summed E-state index contributed by atoms with van der Waals surface area (Å²) < 4.78 is 1.66. The summed E-state index contributed by atoms with van der Waals surface area (Å²) in [4.78, 5) is 14.3. The Hall–Kier alpha value is -1.07. The van der Waals surface area contributed by atoms with Gasteiger partial charge in [0.25, 0.3) is 5.91 Å². The molecule has 1 aliphatic heterocycles. The highest BCUT2D eigenvalue weighted by Gasteiger charge is 2.27. The van der Waals surface area contributed by atoms with Gasteiger partial charge in [-0.05, 0) is 26.8 Å². The number of halogens is 1. The lowest BCUT2D eigenvalue weighted by molar-refractivity contribution is 0.0662. The molecule has 0 aromatic carbocycles. The van der Waals surface area contributed by atoms with Gasteiger partial charge in [-0.1, -0.05) is 0 Å².